The van der Waals surface area contributed by atoms with Crippen LogP contribution in [0.15, 0.2) is 41.6 Å². The molecule has 0 saturated heterocycles. The van der Waals surface area contributed by atoms with Gasteiger partial charge in [0.05, 0.1) is 0 Å². The van der Waals surface area contributed by atoms with Crippen molar-refractivity contribution in [3.05, 3.63) is 47.2 Å². The van der Waals surface area contributed by atoms with Crippen LogP contribution in [0.25, 0.3) is 0 Å². The molecule has 0 aromatic heterocycles. The molecule has 0 saturated carbocycles. The minimum atomic E-state index is -0.223. The molecule has 1 aromatic rings. The third-order valence-electron chi connectivity index (χ3n) is 2.67. The average molecular weight is 242 g/mol. The fourth-order valence-corrected chi connectivity index (χ4v) is 1.58. The Kier molecular flexibility index (Phi) is 5.66. The predicted octanol–water partition coefficient (Wildman–Crippen LogP) is 3.06. The highest BCUT2D eigenvalue weighted by atomic mass is 16.1. The number of carbonyl (C=O) groups is 1. The Morgan fingerprint density at radius 1 is 1.33 bits per heavy atom. The van der Waals surface area contributed by atoms with Gasteiger partial charge >= 0.3 is 0 Å². The summed E-state index contributed by atoms with van der Waals surface area (Å²) in [5.74, 6) is -0.223. The van der Waals surface area contributed by atoms with E-state index in [0.29, 0.717) is 11.3 Å². The first-order valence-corrected chi connectivity index (χ1v) is 6.15. The first-order valence-electron chi connectivity index (χ1n) is 6.15. The summed E-state index contributed by atoms with van der Waals surface area (Å²) in [6.45, 7) is 4.66. The maximum absolute atomic E-state index is 12.1. The molecule has 1 aromatic carbocycles. The van der Waals surface area contributed by atoms with E-state index in [0.717, 1.165) is 19.4 Å². The molecule has 0 aliphatic carbocycles. The second kappa shape index (κ2) is 7.29. The lowest BCUT2D eigenvalue weighted by molar-refractivity contribution is 0.103. The van der Waals surface area contributed by atoms with Crippen molar-refractivity contribution in [3.8, 4) is 6.07 Å². The van der Waals surface area contributed by atoms with Gasteiger partial charge in [-0.05, 0) is 13.3 Å². The molecule has 18 heavy (non-hydrogen) atoms. The molecule has 0 aliphatic heterocycles. The van der Waals surface area contributed by atoms with Crippen molar-refractivity contribution in [2.75, 3.05) is 6.54 Å². The second-order valence-corrected chi connectivity index (χ2v) is 4.09. The van der Waals surface area contributed by atoms with Gasteiger partial charge in [-0.2, -0.15) is 5.26 Å². The highest BCUT2D eigenvalue weighted by molar-refractivity contribution is 6.11. The number of hydrogen-bond donors (Lipinski definition) is 1. The number of nitriles is 1. The second-order valence-electron chi connectivity index (χ2n) is 4.09. The summed E-state index contributed by atoms with van der Waals surface area (Å²) in [6.07, 6.45) is 2.10. The van der Waals surface area contributed by atoms with E-state index < -0.39 is 0 Å². The summed E-state index contributed by atoms with van der Waals surface area (Å²) >= 11 is 0. The molecule has 3 heteroatoms. The molecule has 0 radical (unpaired) electrons. The van der Waals surface area contributed by atoms with E-state index in [1.807, 2.05) is 12.1 Å². The van der Waals surface area contributed by atoms with Crippen molar-refractivity contribution in [2.24, 2.45) is 0 Å². The van der Waals surface area contributed by atoms with Crippen molar-refractivity contribution < 1.29 is 4.79 Å². The zero-order valence-corrected chi connectivity index (χ0v) is 10.9. The summed E-state index contributed by atoms with van der Waals surface area (Å²) in [7, 11) is 0. The van der Waals surface area contributed by atoms with Crippen LogP contribution in [0.4, 0.5) is 0 Å². The van der Waals surface area contributed by atoms with Crippen molar-refractivity contribution in [1.82, 2.24) is 5.32 Å². The topological polar surface area (TPSA) is 52.9 Å². The summed E-state index contributed by atoms with van der Waals surface area (Å²) in [6, 6.07) is 10.9. The molecule has 0 aliphatic rings. The van der Waals surface area contributed by atoms with E-state index in [1.165, 1.54) is 0 Å². The summed E-state index contributed by atoms with van der Waals surface area (Å²) < 4.78 is 0. The van der Waals surface area contributed by atoms with Gasteiger partial charge in [-0.1, -0.05) is 43.7 Å². The van der Waals surface area contributed by atoms with Gasteiger partial charge in [0, 0.05) is 17.8 Å². The molecule has 0 fully saturated rings. The molecular weight excluding hydrogens is 224 g/mol. The standard InChI is InChI=1S/C15H18N2O/c1-3-4-10-17-12(2)14(11-16)15(18)13-8-6-5-7-9-13/h5-9,17H,3-4,10H2,1-2H3/b14-12+. The maximum Gasteiger partial charge on any atom is 0.205 e. The molecule has 0 bridgehead atoms. The van der Waals surface area contributed by atoms with E-state index in [9.17, 15) is 4.79 Å². The van der Waals surface area contributed by atoms with Crippen molar-refractivity contribution in [2.45, 2.75) is 26.7 Å². The smallest absolute Gasteiger partial charge is 0.205 e. The number of hydrogen-bond acceptors (Lipinski definition) is 3. The molecule has 0 atom stereocenters. The molecular formula is C15H18N2O. The van der Waals surface area contributed by atoms with Gasteiger partial charge in [0.2, 0.25) is 5.78 Å². The van der Waals surface area contributed by atoms with E-state index in [-0.39, 0.29) is 11.4 Å². The molecule has 1 N–H and O–H groups in total. The summed E-state index contributed by atoms with van der Waals surface area (Å²) in [4.78, 5) is 12.1. The minimum Gasteiger partial charge on any atom is -0.387 e. The van der Waals surface area contributed by atoms with Crippen LogP contribution in [0.2, 0.25) is 0 Å². The highest BCUT2D eigenvalue weighted by Gasteiger charge is 2.14. The van der Waals surface area contributed by atoms with Crippen molar-refractivity contribution in [1.29, 1.82) is 5.26 Å². The number of nitrogens with zero attached hydrogens (tertiary/aromatic N) is 1. The third-order valence-corrected chi connectivity index (χ3v) is 2.67. The van der Waals surface area contributed by atoms with E-state index >= 15 is 0 Å². The molecule has 0 unspecified atom stereocenters. The van der Waals surface area contributed by atoms with Crippen LogP contribution in [0.5, 0.6) is 0 Å². The molecule has 0 amide bonds. The van der Waals surface area contributed by atoms with Crippen LogP contribution in [0.1, 0.15) is 37.0 Å². The number of Topliss-reactive ketones (excluding diaryl/α,β-unsaturated/α-hetero) is 1. The number of carbonyl (C=O) groups excluding carboxylic acids is 1. The minimum absolute atomic E-state index is 0.192. The van der Waals surface area contributed by atoms with Gasteiger partial charge in [0.1, 0.15) is 11.6 Å². The Hall–Kier alpha value is -2.08. The van der Waals surface area contributed by atoms with E-state index in [2.05, 4.69) is 12.2 Å². The lowest BCUT2D eigenvalue weighted by Crippen LogP contribution is -2.17. The number of nitrogens with one attached hydrogen (secondary N) is 1. The molecule has 3 nitrogen and oxygen atoms in total. The molecule has 94 valence electrons. The Morgan fingerprint density at radius 2 is 2.00 bits per heavy atom. The normalized spacial score (nSPS) is 11.4. The number of ketones is 1. The van der Waals surface area contributed by atoms with E-state index in [4.69, 9.17) is 5.26 Å². The van der Waals surface area contributed by atoms with Gasteiger partial charge in [0.25, 0.3) is 0 Å². The van der Waals surface area contributed by atoms with Crippen molar-refractivity contribution in [3.63, 3.8) is 0 Å². The Labute approximate surface area is 108 Å². The SMILES string of the molecule is CCCCN/C(C)=C(\C#N)C(=O)c1ccccc1. The van der Waals surface area contributed by atoms with Gasteiger partial charge in [-0.25, -0.2) is 0 Å². The quantitative estimate of drug-likeness (QED) is 0.361. The number of unbranched alkanes of at least 4 members (excludes halogenated alkanes) is 1. The summed E-state index contributed by atoms with van der Waals surface area (Å²) in [5.41, 5.74) is 1.39. The lowest BCUT2D eigenvalue weighted by atomic mass is 10.0. The highest BCUT2D eigenvalue weighted by Crippen LogP contribution is 2.10. The van der Waals surface area contributed by atoms with Crippen LogP contribution in [-0.2, 0) is 0 Å². The maximum atomic E-state index is 12.1. The third kappa shape index (κ3) is 3.74. The number of rotatable bonds is 6. The van der Waals surface area contributed by atoms with Crippen LogP contribution < -0.4 is 5.32 Å². The Morgan fingerprint density at radius 3 is 2.56 bits per heavy atom. The number of allylic oxidation sites excluding steroid dienone is 2. The zero-order valence-electron chi connectivity index (χ0n) is 10.9. The van der Waals surface area contributed by atoms with Crippen LogP contribution >= 0.6 is 0 Å². The molecule has 1 rings (SSSR count). The summed E-state index contributed by atoms with van der Waals surface area (Å²) in [5, 5.41) is 12.2. The van der Waals surface area contributed by atoms with Gasteiger partial charge < -0.3 is 5.32 Å². The first kappa shape index (κ1) is 14.0. The Bertz CT molecular complexity index is 469. The van der Waals surface area contributed by atoms with Crippen molar-refractivity contribution >= 4 is 5.78 Å². The number of benzene rings is 1. The lowest BCUT2D eigenvalue weighted by Gasteiger charge is -2.08. The fourth-order valence-electron chi connectivity index (χ4n) is 1.58. The zero-order chi connectivity index (χ0) is 13.4. The molecule has 0 heterocycles. The Balaban J connectivity index is 2.86. The largest absolute Gasteiger partial charge is 0.387 e. The van der Waals surface area contributed by atoms with Gasteiger partial charge in [-0.15, -0.1) is 0 Å². The van der Waals surface area contributed by atoms with Crippen LogP contribution in [-0.4, -0.2) is 12.3 Å². The van der Waals surface area contributed by atoms with Crippen LogP contribution in [0.3, 0.4) is 0 Å². The van der Waals surface area contributed by atoms with E-state index in [1.54, 1.807) is 31.2 Å². The van der Waals surface area contributed by atoms with Gasteiger partial charge in [-0.3, -0.25) is 4.79 Å². The molecule has 0 spiro atoms. The monoisotopic (exact) mass is 242 g/mol. The predicted molar refractivity (Wildman–Crippen MR) is 72.0 cm³/mol. The van der Waals surface area contributed by atoms with Gasteiger partial charge in [0.15, 0.2) is 0 Å². The first-order chi connectivity index (χ1) is 8.70. The average Bonchev–Trinajstić information content (AvgIpc) is 2.41. The fraction of sp³-hybridized carbons (Fsp3) is 0.333. The van der Waals surface area contributed by atoms with Crippen LogP contribution in [0, 0.1) is 11.3 Å².